The minimum Gasteiger partial charge on any atom is -0.465 e. The third-order valence-corrected chi connectivity index (χ3v) is 1.63. The smallest absolute Gasteiger partial charge is 0.405 e. The number of carbonyl (C=O) groups is 1. The second kappa shape index (κ2) is 4.30. The van der Waals surface area contributed by atoms with Crippen molar-refractivity contribution in [1.82, 2.24) is 5.32 Å². The predicted molar refractivity (Wildman–Crippen MR) is 46.2 cm³/mol. The van der Waals surface area contributed by atoms with E-state index in [0.717, 1.165) is 0 Å². The second-order valence-corrected chi connectivity index (χ2v) is 3.70. The van der Waals surface area contributed by atoms with Gasteiger partial charge in [-0.25, -0.2) is 4.79 Å². The highest BCUT2D eigenvalue weighted by atomic mass is 16.4. The van der Waals surface area contributed by atoms with Crippen LogP contribution in [0.3, 0.4) is 0 Å². The normalized spacial score (nSPS) is 14.0. The minimum atomic E-state index is -1.02. The molecule has 1 unspecified atom stereocenters. The molecule has 72 valence electrons. The highest BCUT2D eigenvalue weighted by Crippen LogP contribution is 2.12. The van der Waals surface area contributed by atoms with Crippen LogP contribution in [0.15, 0.2) is 0 Å². The highest BCUT2D eigenvalue weighted by Gasteiger charge is 2.19. The van der Waals surface area contributed by atoms with Crippen molar-refractivity contribution < 1.29 is 15.0 Å². The van der Waals surface area contributed by atoms with Gasteiger partial charge in [0.15, 0.2) is 0 Å². The van der Waals surface area contributed by atoms with Gasteiger partial charge in [-0.05, 0) is 33.6 Å². The maximum absolute atomic E-state index is 10.3. The van der Waals surface area contributed by atoms with E-state index in [9.17, 15) is 4.79 Å². The summed E-state index contributed by atoms with van der Waals surface area (Å²) in [4.78, 5) is 10.3. The van der Waals surface area contributed by atoms with Crippen LogP contribution >= 0.6 is 0 Å². The standard InChI is InChI=1S/C8H17NO3/c1-6(10)4-5-8(2,3)9-7(11)12/h6,9-10H,4-5H2,1-3H3,(H,11,12). The van der Waals surface area contributed by atoms with Crippen LogP contribution in [0.2, 0.25) is 0 Å². The van der Waals surface area contributed by atoms with E-state index in [2.05, 4.69) is 5.32 Å². The van der Waals surface area contributed by atoms with Crippen molar-refractivity contribution >= 4 is 6.09 Å². The molecule has 4 heteroatoms. The van der Waals surface area contributed by atoms with E-state index in [4.69, 9.17) is 10.2 Å². The van der Waals surface area contributed by atoms with Gasteiger partial charge in [0.1, 0.15) is 0 Å². The lowest BCUT2D eigenvalue weighted by molar-refractivity contribution is 0.156. The van der Waals surface area contributed by atoms with Gasteiger partial charge in [0.05, 0.1) is 6.10 Å². The van der Waals surface area contributed by atoms with Crippen molar-refractivity contribution in [2.75, 3.05) is 0 Å². The molecule has 0 rings (SSSR count). The summed E-state index contributed by atoms with van der Waals surface area (Å²) in [6, 6.07) is 0. The molecule has 1 atom stereocenters. The number of hydrogen-bond donors (Lipinski definition) is 3. The Bertz CT molecular complexity index is 154. The maximum atomic E-state index is 10.3. The van der Waals surface area contributed by atoms with Crippen molar-refractivity contribution in [2.45, 2.75) is 45.3 Å². The van der Waals surface area contributed by atoms with Crippen LogP contribution in [-0.4, -0.2) is 27.9 Å². The zero-order chi connectivity index (χ0) is 9.78. The predicted octanol–water partition coefficient (Wildman–Crippen LogP) is 1.19. The number of aliphatic hydroxyl groups excluding tert-OH is 1. The summed E-state index contributed by atoms with van der Waals surface area (Å²) in [6.07, 6.45) is -0.157. The van der Waals surface area contributed by atoms with E-state index >= 15 is 0 Å². The Morgan fingerprint density at radius 3 is 2.42 bits per heavy atom. The Labute approximate surface area is 72.6 Å². The Morgan fingerprint density at radius 2 is 2.08 bits per heavy atom. The van der Waals surface area contributed by atoms with Gasteiger partial charge in [0.25, 0.3) is 0 Å². The first-order chi connectivity index (χ1) is 5.33. The fourth-order valence-electron chi connectivity index (χ4n) is 0.922. The average molecular weight is 175 g/mol. The molecule has 0 aliphatic rings. The molecule has 3 N–H and O–H groups in total. The Kier molecular flexibility index (Phi) is 4.03. The molecule has 0 bridgehead atoms. The van der Waals surface area contributed by atoms with Crippen LogP contribution in [0.4, 0.5) is 4.79 Å². The van der Waals surface area contributed by atoms with Gasteiger partial charge < -0.3 is 15.5 Å². The van der Waals surface area contributed by atoms with Crippen LogP contribution in [0, 0.1) is 0 Å². The first-order valence-electron chi connectivity index (χ1n) is 4.03. The molecule has 0 aromatic rings. The van der Waals surface area contributed by atoms with E-state index in [-0.39, 0.29) is 6.10 Å². The highest BCUT2D eigenvalue weighted by molar-refractivity contribution is 5.65. The molecule has 1 amide bonds. The first kappa shape index (κ1) is 11.2. The quantitative estimate of drug-likeness (QED) is 0.601. The minimum absolute atomic E-state index is 0.375. The fraction of sp³-hybridized carbons (Fsp3) is 0.875. The van der Waals surface area contributed by atoms with Gasteiger partial charge in [-0.15, -0.1) is 0 Å². The molecule has 0 spiro atoms. The van der Waals surface area contributed by atoms with Crippen LogP contribution in [0.5, 0.6) is 0 Å². The monoisotopic (exact) mass is 175 g/mol. The maximum Gasteiger partial charge on any atom is 0.405 e. The summed E-state index contributed by atoms with van der Waals surface area (Å²) in [5.74, 6) is 0. The van der Waals surface area contributed by atoms with Gasteiger partial charge in [0.2, 0.25) is 0 Å². The number of aliphatic hydroxyl groups is 1. The molecule has 0 saturated heterocycles. The van der Waals surface area contributed by atoms with E-state index in [1.165, 1.54) is 0 Å². The van der Waals surface area contributed by atoms with Crippen molar-refractivity contribution in [3.05, 3.63) is 0 Å². The second-order valence-electron chi connectivity index (χ2n) is 3.70. The molecule has 0 radical (unpaired) electrons. The molecular formula is C8H17NO3. The largest absolute Gasteiger partial charge is 0.465 e. The van der Waals surface area contributed by atoms with E-state index in [1.54, 1.807) is 20.8 Å². The summed E-state index contributed by atoms with van der Waals surface area (Å²) >= 11 is 0. The van der Waals surface area contributed by atoms with Crippen LogP contribution in [-0.2, 0) is 0 Å². The molecule has 0 heterocycles. The summed E-state index contributed by atoms with van der Waals surface area (Å²) in [5, 5.41) is 19.8. The third kappa shape index (κ3) is 5.97. The molecule has 0 aromatic heterocycles. The van der Waals surface area contributed by atoms with Crippen LogP contribution in [0.25, 0.3) is 0 Å². The molecule has 0 saturated carbocycles. The summed E-state index contributed by atoms with van der Waals surface area (Å²) < 4.78 is 0. The average Bonchev–Trinajstić information content (AvgIpc) is 1.81. The van der Waals surface area contributed by atoms with E-state index in [0.29, 0.717) is 12.8 Å². The Balaban J connectivity index is 3.78. The topological polar surface area (TPSA) is 69.6 Å². The lowest BCUT2D eigenvalue weighted by Crippen LogP contribution is -2.42. The van der Waals surface area contributed by atoms with Crippen molar-refractivity contribution in [1.29, 1.82) is 0 Å². The lowest BCUT2D eigenvalue weighted by Gasteiger charge is -2.24. The van der Waals surface area contributed by atoms with Gasteiger partial charge >= 0.3 is 6.09 Å². The molecule has 0 aliphatic carbocycles. The zero-order valence-electron chi connectivity index (χ0n) is 7.79. The molecule has 4 nitrogen and oxygen atoms in total. The molecule has 0 fully saturated rings. The number of carboxylic acid groups (broad SMARTS) is 1. The Morgan fingerprint density at radius 1 is 1.58 bits per heavy atom. The third-order valence-electron chi connectivity index (χ3n) is 1.63. The van der Waals surface area contributed by atoms with Gasteiger partial charge in [0, 0.05) is 5.54 Å². The molecule has 12 heavy (non-hydrogen) atoms. The summed E-state index contributed by atoms with van der Waals surface area (Å²) in [5.41, 5.74) is -0.456. The lowest BCUT2D eigenvalue weighted by atomic mass is 9.97. The van der Waals surface area contributed by atoms with Gasteiger partial charge in [-0.2, -0.15) is 0 Å². The molecule has 0 aromatic carbocycles. The van der Waals surface area contributed by atoms with E-state index in [1.807, 2.05) is 0 Å². The summed E-state index contributed by atoms with van der Waals surface area (Å²) in [7, 11) is 0. The van der Waals surface area contributed by atoms with Crippen LogP contribution in [0.1, 0.15) is 33.6 Å². The Hall–Kier alpha value is -0.770. The number of amides is 1. The zero-order valence-corrected chi connectivity index (χ0v) is 7.79. The first-order valence-corrected chi connectivity index (χ1v) is 4.03. The fourth-order valence-corrected chi connectivity index (χ4v) is 0.922. The van der Waals surface area contributed by atoms with Crippen LogP contribution < -0.4 is 5.32 Å². The summed E-state index contributed by atoms with van der Waals surface area (Å²) in [6.45, 7) is 5.28. The van der Waals surface area contributed by atoms with Crippen molar-refractivity contribution in [3.8, 4) is 0 Å². The number of rotatable bonds is 4. The van der Waals surface area contributed by atoms with E-state index < -0.39 is 11.6 Å². The van der Waals surface area contributed by atoms with Crippen molar-refractivity contribution in [3.63, 3.8) is 0 Å². The number of nitrogens with one attached hydrogen (secondary N) is 1. The molecular weight excluding hydrogens is 158 g/mol. The molecule has 0 aliphatic heterocycles. The van der Waals surface area contributed by atoms with Gasteiger partial charge in [-0.3, -0.25) is 0 Å². The van der Waals surface area contributed by atoms with Gasteiger partial charge in [-0.1, -0.05) is 0 Å². The van der Waals surface area contributed by atoms with Crippen molar-refractivity contribution in [2.24, 2.45) is 0 Å². The SMILES string of the molecule is CC(O)CCC(C)(C)NC(=O)O. The number of hydrogen-bond acceptors (Lipinski definition) is 2.